The zero-order chi connectivity index (χ0) is 21.3. The number of benzene rings is 1. The van der Waals surface area contributed by atoms with Crippen LogP contribution in [0.2, 0.25) is 0 Å². The number of hydrogen-bond acceptors (Lipinski definition) is 7. The number of aromatic nitrogens is 2. The van der Waals surface area contributed by atoms with Crippen LogP contribution in [0.3, 0.4) is 0 Å². The van der Waals surface area contributed by atoms with Crippen LogP contribution in [0, 0.1) is 13.8 Å². The third-order valence-corrected chi connectivity index (χ3v) is 6.08. The fourth-order valence-electron chi connectivity index (χ4n) is 2.81. The first kappa shape index (κ1) is 21.1. The Labute approximate surface area is 179 Å². The van der Waals surface area contributed by atoms with E-state index in [1.807, 2.05) is 13.8 Å². The van der Waals surface area contributed by atoms with Gasteiger partial charge in [-0.05, 0) is 66.0 Å². The number of H-pyrrole nitrogens is 1. The molecule has 0 radical (unpaired) electrons. The highest BCUT2D eigenvalue weighted by atomic mass is 79.9. The van der Waals surface area contributed by atoms with Crippen LogP contribution >= 0.6 is 27.3 Å². The van der Waals surface area contributed by atoms with Gasteiger partial charge in [-0.1, -0.05) is 0 Å². The maximum atomic E-state index is 12.6. The van der Waals surface area contributed by atoms with Gasteiger partial charge >= 0.3 is 5.97 Å². The number of aromatic hydroxyl groups is 1. The predicted octanol–water partition coefficient (Wildman–Crippen LogP) is 4.18. The Hall–Kier alpha value is -2.65. The van der Waals surface area contributed by atoms with E-state index in [2.05, 4.69) is 25.9 Å². The highest BCUT2D eigenvalue weighted by Gasteiger charge is 2.20. The summed E-state index contributed by atoms with van der Waals surface area (Å²) in [7, 11) is 1.43. The Kier molecular flexibility index (Phi) is 6.09. The van der Waals surface area contributed by atoms with E-state index < -0.39 is 5.97 Å². The fraction of sp³-hybridized carbons (Fsp3) is 0.250. The molecule has 0 aliphatic heterocycles. The Bertz CT molecular complexity index is 1200. The number of thiophene rings is 1. The van der Waals surface area contributed by atoms with Crippen molar-refractivity contribution in [3.63, 3.8) is 0 Å². The van der Waals surface area contributed by atoms with Gasteiger partial charge in [0.05, 0.1) is 23.6 Å². The number of nitrogens with zero attached hydrogens (tertiary/aromatic N) is 1. The summed E-state index contributed by atoms with van der Waals surface area (Å²) >= 11 is 4.65. The number of carbonyl (C=O) groups is 1. The third kappa shape index (κ3) is 4.06. The summed E-state index contributed by atoms with van der Waals surface area (Å²) in [6, 6.07) is 3.18. The number of nitrogens with one attached hydrogen (secondary N) is 1. The lowest BCUT2D eigenvalue weighted by Crippen LogP contribution is -2.15. The molecule has 0 amide bonds. The minimum Gasteiger partial charge on any atom is -0.503 e. The SMILES string of the molecule is CCOC(=O)C(=Cc1cc(Br)c(O)c(OC)c1)c1nc2sc(C)c(C)c2c(=O)[nH]1. The van der Waals surface area contributed by atoms with Gasteiger partial charge in [-0.2, -0.15) is 0 Å². The number of hydrogen-bond donors (Lipinski definition) is 2. The summed E-state index contributed by atoms with van der Waals surface area (Å²) in [6.07, 6.45) is 1.53. The number of halogens is 1. The second-order valence-corrected chi connectivity index (χ2v) is 8.27. The van der Waals surface area contributed by atoms with Crippen molar-refractivity contribution in [1.29, 1.82) is 0 Å². The molecule has 0 atom stereocenters. The van der Waals surface area contributed by atoms with Crippen molar-refractivity contribution in [1.82, 2.24) is 9.97 Å². The van der Waals surface area contributed by atoms with Crippen LogP contribution in [0.25, 0.3) is 21.9 Å². The molecule has 7 nitrogen and oxygen atoms in total. The van der Waals surface area contributed by atoms with E-state index in [9.17, 15) is 14.7 Å². The van der Waals surface area contributed by atoms with E-state index in [0.717, 1.165) is 10.4 Å². The zero-order valence-electron chi connectivity index (χ0n) is 16.3. The van der Waals surface area contributed by atoms with Crippen molar-refractivity contribution in [3.8, 4) is 11.5 Å². The van der Waals surface area contributed by atoms with Crippen LogP contribution in [0.4, 0.5) is 0 Å². The minimum absolute atomic E-state index is 0.0557. The topological polar surface area (TPSA) is 102 Å². The van der Waals surface area contributed by atoms with Crippen LogP contribution in [-0.4, -0.2) is 34.8 Å². The summed E-state index contributed by atoms with van der Waals surface area (Å²) in [5.41, 5.74) is 1.20. The zero-order valence-corrected chi connectivity index (χ0v) is 18.7. The van der Waals surface area contributed by atoms with E-state index in [0.29, 0.717) is 20.3 Å². The molecule has 152 valence electrons. The molecule has 0 aliphatic carbocycles. The van der Waals surface area contributed by atoms with Gasteiger partial charge in [0.1, 0.15) is 16.2 Å². The van der Waals surface area contributed by atoms with Crippen molar-refractivity contribution in [2.45, 2.75) is 20.8 Å². The standard InChI is InChI=1S/C20H19BrN2O5S/c1-5-28-20(26)12(6-11-7-13(21)16(24)14(8-11)27-4)17-22-18(25)15-9(2)10(3)29-19(15)23-17/h6-8,24H,5H2,1-4H3,(H,22,23,25). The molecule has 0 bridgehead atoms. The number of ether oxygens (including phenoxy) is 2. The van der Waals surface area contributed by atoms with Crippen molar-refractivity contribution in [3.05, 3.63) is 48.8 Å². The molecule has 2 N–H and O–H groups in total. The molecule has 3 aromatic rings. The van der Waals surface area contributed by atoms with Crippen molar-refractivity contribution in [2.75, 3.05) is 13.7 Å². The first-order valence-electron chi connectivity index (χ1n) is 8.72. The van der Waals surface area contributed by atoms with Gasteiger partial charge in [0.2, 0.25) is 0 Å². The van der Waals surface area contributed by atoms with E-state index >= 15 is 0 Å². The van der Waals surface area contributed by atoms with Crippen molar-refractivity contribution >= 4 is 55.1 Å². The Morgan fingerprint density at radius 1 is 1.38 bits per heavy atom. The number of fused-ring (bicyclic) bond motifs is 1. The van der Waals surface area contributed by atoms with Crippen LogP contribution in [0.5, 0.6) is 11.5 Å². The molecular formula is C20H19BrN2O5S. The number of aromatic amines is 1. The van der Waals surface area contributed by atoms with Crippen molar-refractivity contribution < 1.29 is 19.4 Å². The molecular weight excluding hydrogens is 460 g/mol. The second kappa shape index (κ2) is 8.38. The minimum atomic E-state index is -0.622. The normalized spacial score (nSPS) is 11.7. The average molecular weight is 479 g/mol. The molecule has 29 heavy (non-hydrogen) atoms. The van der Waals surface area contributed by atoms with Gasteiger partial charge in [0.15, 0.2) is 11.5 Å². The van der Waals surface area contributed by atoms with Gasteiger partial charge in [-0.3, -0.25) is 4.79 Å². The fourth-order valence-corrected chi connectivity index (χ4v) is 4.30. The quantitative estimate of drug-likeness (QED) is 0.421. The van der Waals surface area contributed by atoms with E-state index in [1.165, 1.54) is 24.5 Å². The van der Waals surface area contributed by atoms with Crippen LogP contribution in [-0.2, 0) is 9.53 Å². The largest absolute Gasteiger partial charge is 0.503 e. The lowest BCUT2D eigenvalue weighted by molar-refractivity contribution is -0.136. The second-order valence-electron chi connectivity index (χ2n) is 6.21. The molecule has 2 aromatic heterocycles. The maximum Gasteiger partial charge on any atom is 0.341 e. The number of aryl methyl sites for hydroxylation is 2. The number of methoxy groups -OCH3 is 1. The molecule has 0 saturated heterocycles. The molecule has 1 aromatic carbocycles. The summed E-state index contributed by atoms with van der Waals surface area (Å²) < 4.78 is 10.7. The molecule has 0 unspecified atom stereocenters. The van der Waals surface area contributed by atoms with Crippen LogP contribution < -0.4 is 10.3 Å². The summed E-state index contributed by atoms with van der Waals surface area (Å²) in [5, 5.41) is 10.5. The first-order chi connectivity index (χ1) is 13.8. The third-order valence-electron chi connectivity index (χ3n) is 4.37. The lowest BCUT2D eigenvalue weighted by Gasteiger charge is -2.09. The lowest BCUT2D eigenvalue weighted by atomic mass is 10.1. The number of rotatable bonds is 5. The molecule has 3 rings (SSSR count). The van der Waals surface area contributed by atoms with Gasteiger partial charge in [0.25, 0.3) is 5.56 Å². The highest BCUT2D eigenvalue weighted by molar-refractivity contribution is 9.10. The maximum absolute atomic E-state index is 12.6. The Morgan fingerprint density at radius 2 is 2.10 bits per heavy atom. The Balaban J connectivity index is 2.23. The van der Waals surface area contributed by atoms with Crippen LogP contribution in [0.15, 0.2) is 21.4 Å². The monoisotopic (exact) mass is 478 g/mol. The number of phenols is 1. The van der Waals surface area contributed by atoms with E-state index in [1.54, 1.807) is 19.1 Å². The van der Waals surface area contributed by atoms with Gasteiger partial charge in [-0.15, -0.1) is 11.3 Å². The number of carbonyl (C=O) groups excluding carboxylic acids is 1. The smallest absolute Gasteiger partial charge is 0.341 e. The average Bonchev–Trinajstić information content (AvgIpc) is 2.96. The predicted molar refractivity (Wildman–Crippen MR) is 117 cm³/mol. The highest BCUT2D eigenvalue weighted by Crippen LogP contribution is 2.36. The van der Waals surface area contributed by atoms with Gasteiger partial charge in [-0.25, -0.2) is 9.78 Å². The van der Waals surface area contributed by atoms with Gasteiger partial charge in [0, 0.05) is 4.88 Å². The van der Waals surface area contributed by atoms with E-state index in [4.69, 9.17) is 9.47 Å². The van der Waals surface area contributed by atoms with Crippen LogP contribution in [0.1, 0.15) is 28.8 Å². The summed E-state index contributed by atoms with van der Waals surface area (Å²) in [6.45, 7) is 5.65. The van der Waals surface area contributed by atoms with E-state index in [-0.39, 0.29) is 35.1 Å². The Morgan fingerprint density at radius 3 is 2.76 bits per heavy atom. The first-order valence-corrected chi connectivity index (χ1v) is 10.3. The molecule has 0 fully saturated rings. The summed E-state index contributed by atoms with van der Waals surface area (Å²) in [4.78, 5) is 34.0. The summed E-state index contributed by atoms with van der Waals surface area (Å²) in [5.74, 6) is -0.330. The number of phenolic OH excluding ortho intramolecular Hbond substituents is 1. The van der Waals surface area contributed by atoms with Gasteiger partial charge < -0.3 is 19.6 Å². The number of esters is 1. The molecule has 0 spiro atoms. The molecule has 0 aliphatic rings. The molecule has 2 heterocycles. The molecule has 0 saturated carbocycles. The van der Waals surface area contributed by atoms with Crippen molar-refractivity contribution in [2.24, 2.45) is 0 Å². The molecule has 9 heteroatoms.